The predicted octanol–water partition coefficient (Wildman–Crippen LogP) is 7.61. The number of amides is 1. The van der Waals surface area contributed by atoms with Crippen LogP contribution in [0.25, 0.3) is 33.1 Å². The molecule has 3 heterocycles. The maximum atomic E-state index is 13.3. The Morgan fingerprint density at radius 1 is 0.837 bits per heavy atom. The Morgan fingerprint density at radius 3 is 2.37 bits per heavy atom. The van der Waals surface area contributed by atoms with Crippen LogP contribution in [0.4, 0.5) is 5.82 Å². The summed E-state index contributed by atoms with van der Waals surface area (Å²) in [6, 6.07) is 27.8. The van der Waals surface area contributed by atoms with Crippen LogP contribution in [-0.4, -0.2) is 52.1 Å². The maximum Gasteiger partial charge on any atom is 0.263 e. The van der Waals surface area contributed by atoms with Crippen LogP contribution in [0.1, 0.15) is 27.3 Å². The second-order valence-corrected chi connectivity index (χ2v) is 11.6. The predicted molar refractivity (Wildman–Crippen MR) is 171 cm³/mol. The molecule has 0 atom stereocenters. The van der Waals surface area contributed by atoms with Gasteiger partial charge in [0.2, 0.25) is 0 Å². The number of piperazine rings is 1. The summed E-state index contributed by atoms with van der Waals surface area (Å²) >= 11 is 12.2. The van der Waals surface area contributed by atoms with Gasteiger partial charge in [-0.15, -0.1) is 0 Å². The average Bonchev–Trinajstić information content (AvgIpc) is 3.47. The van der Waals surface area contributed by atoms with E-state index in [0.29, 0.717) is 65.4 Å². The molecule has 1 amide bonds. The molecular weight excluding hydrogens is 581 g/mol. The molecule has 6 aromatic rings. The van der Waals surface area contributed by atoms with Gasteiger partial charge >= 0.3 is 0 Å². The minimum Gasteiger partial charge on any atom is -0.352 e. The van der Waals surface area contributed by atoms with E-state index in [1.807, 2.05) is 17.0 Å². The Kier molecular flexibility index (Phi) is 7.21. The third kappa shape index (κ3) is 5.42. The van der Waals surface area contributed by atoms with Crippen molar-refractivity contribution in [2.24, 2.45) is 0 Å². The second-order valence-electron chi connectivity index (χ2n) is 10.8. The molecule has 0 radical (unpaired) electrons. The average molecular weight is 609 g/mol. The van der Waals surface area contributed by atoms with E-state index < -0.39 is 0 Å². The molecule has 1 saturated heterocycles. The number of rotatable bonds is 5. The number of halogens is 2. The van der Waals surface area contributed by atoms with Gasteiger partial charge in [-0.2, -0.15) is 4.98 Å². The third-order valence-corrected chi connectivity index (χ3v) is 8.64. The van der Waals surface area contributed by atoms with Crippen LogP contribution in [0.2, 0.25) is 10.0 Å². The van der Waals surface area contributed by atoms with Crippen molar-refractivity contribution in [3.05, 3.63) is 117 Å². The Bertz CT molecular complexity index is 1980. The van der Waals surface area contributed by atoms with Crippen molar-refractivity contribution in [1.29, 1.82) is 0 Å². The summed E-state index contributed by atoms with van der Waals surface area (Å²) in [5.41, 5.74) is 4.91. The largest absolute Gasteiger partial charge is 0.352 e. The molecular formula is C34H27Cl2N5O2. The number of hydrogen-bond donors (Lipinski definition) is 0. The fourth-order valence-electron chi connectivity index (χ4n) is 5.54. The van der Waals surface area contributed by atoms with Crippen molar-refractivity contribution in [3.63, 3.8) is 0 Å². The molecule has 7 nitrogen and oxygen atoms in total. The van der Waals surface area contributed by atoms with Gasteiger partial charge in [-0.1, -0.05) is 94.6 Å². The molecule has 2 aromatic heterocycles. The van der Waals surface area contributed by atoms with E-state index in [9.17, 15) is 4.79 Å². The van der Waals surface area contributed by atoms with Gasteiger partial charge in [0.15, 0.2) is 0 Å². The first-order chi connectivity index (χ1) is 20.9. The van der Waals surface area contributed by atoms with Crippen LogP contribution in [0.15, 0.2) is 89.5 Å². The molecule has 1 aliphatic rings. The summed E-state index contributed by atoms with van der Waals surface area (Å²) in [5, 5.41) is 8.32. The zero-order chi connectivity index (χ0) is 29.5. The highest BCUT2D eigenvalue weighted by Gasteiger charge is 2.28. The smallest absolute Gasteiger partial charge is 0.263 e. The number of aryl methyl sites for hydroxylation is 1. The van der Waals surface area contributed by atoms with Crippen LogP contribution in [0.3, 0.4) is 0 Å². The van der Waals surface area contributed by atoms with Crippen LogP contribution in [-0.2, 0) is 6.42 Å². The summed E-state index contributed by atoms with van der Waals surface area (Å²) < 4.78 is 5.87. The van der Waals surface area contributed by atoms with Gasteiger partial charge in [0, 0.05) is 43.7 Å². The maximum absolute atomic E-state index is 13.3. The zero-order valence-electron chi connectivity index (χ0n) is 23.4. The van der Waals surface area contributed by atoms with Crippen LogP contribution < -0.4 is 4.90 Å². The van der Waals surface area contributed by atoms with Crippen molar-refractivity contribution in [3.8, 4) is 11.3 Å². The number of carbonyl (C=O) groups is 1. The van der Waals surface area contributed by atoms with E-state index in [-0.39, 0.29) is 5.91 Å². The van der Waals surface area contributed by atoms with Gasteiger partial charge in [0.05, 0.1) is 10.0 Å². The van der Waals surface area contributed by atoms with E-state index in [2.05, 4.69) is 71.6 Å². The number of carbonyl (C=O) groups excluding carboxylic acids is 1. The minimum absolute atomic E-state index is 0.0760. The van der Waals surface area contributed by atoms with Gasteiger partial charge in [0.1, 0.15) is 22.7 Å². The Labute approximate surface area is 258 Å². The summed E-state index contributed by atoms with van der Waals surface area (Å²) in [4.78, 5) is 27.2. The fraction of sp³-hybridized carbons (Fsp3) is 0.176. The first kappa shape index (κ1) is 27.4. The monoisotopic (exact) mass is 607 g/mol. The molecule has 0 N–H and O–H groups in total. The second kappa shape index (κ2) is 11.3. The number of hydrogen-bond acceptors (Lipinski definition) is 6. The Morgan fingerprint density at radius 2 is 1.60 bits per heavy atom. The lowest BCUT2D eigenvalue weighted by molar-refractivity contribution is 0.0746. The lowest BCUT2D eigenvalue weighted by Gasteiger charge is -2.35. The van der Waals surface area contributed by atoms with Gasteiger partial charge < -0.3 is 14.3 Å². The van der Waals surface area contributed by atoms with Crippen LogP contribution in [0, 0.1) is 6.92 Å². The molecule has 0 unspecified atom stereocenters. The topological polar surface area (TPSA) is 75.4 Å². The molecule has 9 heteroatoms. The Hall–Kier alpha value is -4.46. The molecule has 0 saturated carbocycles. The summed E-state index contributed by atoms with van der Waals surface area (Å²) in [5.74, 6) is 1.34. The van der Waals surface area contributed by atoms with Crippen LogP contribution >= 0.6 is 23.2 Å². The number of benzene rings is 4. The van der Waals surface area contributed by atoms with Crippen LogP contribution in [0.5, 0.6) is 0 Å². The normalized spacial score (nSPS) is 13.7. The molecule has 1 fully saturated rings. The first-order valence-electron chi connectivity index (χ1n) is 14.1. The van der Waals surface area contributed by atoms with Gasteiger partial charge in [-0.25, -0.2) is 4.98 Å². The summed E-state index contributed by atoms with van der Waals surface area (Å²) in [6.45, 7) is 4.29. The SMILES string of the molecule is Cc1ccc(Cc2nc(N3CCN(C(=O)c4ccc(Cl)c(Cl)c4)CC3)c3c(-c4ccc5ccccc5c4)noc3n2)cc1. The van der Waals surface area contributed by atoms with E-state index >= 15 is 0 Å². The molecule has 1 aliphatic heterocycles. The van der Waals surface area contributed by atoms with Gasteiger partial charge in [0.25, 0.3) is 11.6 Å². The summed E-state index contributed by atoms with van der Waals surface area (Å²) in [6.07, 6.45) is 0.561. The van der Waals surface area contributed by atoms with E-state index in [0.717, 1.165) is 33.1 Å². The molecule has 4 aromatic carbocycles. The van der Waals surface area contributed by atoms with Gasteiger partial charge in [-0.3, -0.25) is 4.79 Å². The van der Waals surface area contributed by atoms with Crippen molar-refractivity contribution in [2.45, 2.75) is 13.3 Å². The van der Waals surface area contributed by atoms with Gasteiger partial charge in [-0.05, 0) is 47.5 Å². The first-order valence-corrected chi connectivity index (χ1v) is 14.9. The molecule has 0 bridgehead atoms. The van der Waals surface area contributed by atoms with E-state index in [1.165, 1.54) is 5.56 Å². The Balaban J connectivity index is 1.24. The minimum atomic E-state index is -0.0760. The van der Waals surface area contributed by atoms with Crippen molar-refractivity contribution >= 4 is 56.8 Å². The standard InChI is InChI=1S/C34H27Cl2N5O2/c1-21-6-8-22(9-7-21)18-29-37-32(40-14-16-41(17-15-40)34(42)26-12-13-27(35)28(36)20-26)30-31(39-43-33(30)38-29)25-11-10-23-4-2-3-5-24(23)19-25/h2-13,19-20H,14-18H2,1H3. The van der Waals surface area contributed by atoms with Crippen molar-refractivity contribution in [1.82, 2.24) is 20.0 Å². The lowest BCUT2D eigenvalue weighted by atomic mass is 10.0. The molecule has 43 heavy (non-hydrogen) atoms. The highest BCUT2D eigenvalue weighted by molar-refractivity contribution is 6.42. The van der Waals surface area contributed by atoms with Crippen molar-refractivity contribution in [2.75, 3.05) is 31.1 Å². The highest BCUT2D eigenvalue weighted by Crippen LogP contribution is 2.36. The fourth-order valence-corrected chi connectivity index (χ4v) is 5.84. The number of anilines is 1. The summed E-state index contributed by atoms with van der Waals surface area (Å²) in [7, 11) is 0. The molecule has 7 rings (SSSR count). The molecule has 0 aliphatic carbocycles. The van der Waals surface area contributed by atoms with E-state index in [4.69, 9.17) is 37.7 Å². The number of aromatic nitrogens is 3. The third-order valence-electron chi connectivity index (χ3n) is 7.90. The van der Waals surface area contributed by atoms with E-state index in [1.54, 1.807) is 18.2 Å². The molecule has 214 valence electrons. The number of nitrogens with zero attached hydrogens (tertiary/aromatic N) is 5. The zero-order valence-corrected chi connectivity index (χ0v) is 24.9. The quantitative estimate of drug-likeness (QED) is 0.201. The number of fused-ring (bicyclic) bond motifs is 2. The molecule has 0 spiro atoms. The lowest BCUT2D eigenvalue weighted by Crippen LogP contribution is -2.49. The highest BCUT2D eigenvalue weighted by atomic mass is 35.5. The van der Waals surface area contributed by atoms with Crippen molar-refractivity contribution < 1.29 is 9.32 Å².